The molecular formula is C39H53N7O7. The molecule has 5 rings (SSSR count). The molecule has 2 heterocycles. The second-order valence-corrected chi connectivity index (χ2v) is 15.5. The quantitative estimate of drug-likeness (QED) is 0.200. The first kappa shape index (κ1) is 39.3. The number of hydrogen-bond acceptors (Lipinski definition) is 9. The summed E-state index contributed by atoms with van der Waals surface area (Å²) in [6.45, 7) is 7.36. The molecule has 1 saturated heterocycles. The highest BCUT2D eigenvalue weighted by Gasteiger charge is 2.47. The van der Waals surface area contributed by atoms with Crippen LogP contribution in [-0.4, -0.2) is 93.0 Å². The van der Waals surface area contributed by atoms with Gasteiger partial charge >= 0.3 is 0 Å². The number of amides is 5. The number of carbonyl (C=O) groups is 6. The average molecular weight is 732 g/mol. The minimum absolute atomic E-state index is 0.0224. The highest BCUT2D eigenvalue weighted by atomic mass is 16.5. The Kier molecular flexibility index (Phi) is 13.2. The topological polar surface area (TPSA) is 189 Å². The van der Waals surface area contributed by atoms with Crippen molar-refractivity contribution in [2.75, 3.05) is 6.54 Å². The van der Waals surface area contributed by atoms with Crippen molar-refractivity contribution in [3.63, 3.8) is 0 Å². The standard InChI is InChI=1S/C39H53N7O7/c1-5-12-28(32(47)37(51)42-25-17-18-25)43-35(49)30-21-27(53-26-15-10-7-11-16-26)23-46(30)38(52)33(39(2,3)4)45-36(50)31(24-13-8-6-9-14-24)44-34(48)29-22-40-19-20-41-29/h7,10-11,15-16,19-20,22,24-25,27-28,30-31,33H,5-6,8-9,12-14,17-18,21,23H2,1-4H3,(H,42,51)(H,43,49)(H,44,48)(H,45,50)/t27-,28?,30+,31+,33-/m1/s1. The molecule has 2 aromatic rings. The summed E-state index contributed by atoms with van der Waals surface area (Å²) in [4.78, 5) is 91.6. The molecule has 286 valence electrons. The summed E-state index contributed by atoms with van der Waals surface area (Å²) >= 11 is 0. The number of Topliss-reactive ketones (excluding diaryl/α,β-unsaturated/α-hetero) is 1. The molecule has 3 fully saturated rings. The third kappa shape index (κ3) is 10.6. The fourth-order valence-electron chi connectivity index (χ4n) is 7.08. The Balaban J connectivity index is 1.39. The Morgan fingerprint density at radius 2 is 1.64 bits per heavy atom. The number of nitrogens with one attached hydrogen (secondary N) is 4. The number of ketones is 1. The van der Waals surface area contributed by atoms with E-state index >= 15 is 0 Å². The number of aromatic nitrogens is 2. The first-order valence-corrected chi connectivity index (χ1v) is 18.9. The van der Waals surface area contributed by atoms with Crippen molar-refractivity contribution in [3.05, 3.63) is 54.6 Å². The zero-order chi connectivity index (χ0) is 38.1. The van der Waals surface area contributed by atoms with Gasteiger partial charge in [-0.1, -0.05) is 71.6 Å². The molecular weight excluding hydrogens is 678 g/mol. The summed E-state index contributed by atoms with van der Waals surface area (Å²) in [6.07, 6.45) is 10.5. The van der Waals surface area contributed by atoms with Gasteiger partial charge < -0.3 is 30.9 Å². The van der Waals surface area contributed by atoms with Gasteiger partial charge in [-0.2, -0.15) is 0 Å². The molecule has 0 radical (unpaired) electrons. The van der Waals surface area contributed by atoms with E-state index in [-0.39, 0.29) is 37.0 Å². The van der Waals surface area contributed by atoms with Crippen LogP contribution in [0.4, 0.5) is 0 Å². The van der Waals surface area contributed by atoms with E-state index in [4.69, 9.17) is 4.74 Å². The van der Waals surface area contributed by atoms with Crippen LogP contribution < -0.4 is 26.0 Å². The molecule has 5 amide bonds. The van der Waals surface area contributed by atoms with Crippen LogP contribution in [0.2, 0.25) is 0 Å². The number of para-hydroxylation sites is 1. The molecule has 0 bridgehead atoms. The van der Waals surface area contributed by atoms with E-state index in [2.05, 4.69) is 31.2 Å². The van der Waals surface area contributed by atoms with Gasteiger partial charge in [0.1, 0.15) is 35.7 Å². The van der Waals surface area contributed by atoms with E-state index in [1.165, 1.54) is 23.5 Å². The fourth-order valence-corrected chi connectivity index (χ4v) is 7.08. The van der Waals surface area contributed by atoms with Crippen LogP contribution in [0.3, 0.4) is 0 Å². The lowest BCUT2D eigenvalue weighted by atomic mass is 9.82. The van der Waals surface area contributed by atoms with E-state index in [1.807, 2.05) is 45.9 Å². The van der Waals surface area contributed by atoms with Gasteiger partial charge in [-0.05, 0) is 55.6 Å². The molecule has 1 aromatic heterocycles. The summed E-state index contributed by atoms with van der Waals surface area (Å²) in [5.74, 6) is -3.17. The van der Waals surface area contributed by atoms with Crippen molar-refractivity contribution in [3.8, 4) is 5.75 Å². The fraction of sp³-hybridized carbons (Fsp3) is 0.590. The van der Waals surface area contributed by atoms with Crippen molar-refractivity contribution < 1.29 is 33.5 Å². The van der Waals surface area contributed by atoms with Crippen LogP contribution in [0.15, 0.2) is 48.9 Å². The predicted octanol–water partition coefficient (Wildman–Crippen LogP) is 2.87. The number of carbonyl (C=O) groups excluding carboxylic acids is 6. The van der Waals surface area contributed by atoms with E-state index in [0.717, 1.165) is 44.9 Å². The van der Waals surface area contributed by atoms with Crippen LogP contribution in [0.5, 0.6) is 5.75 Å². The van der Waals surface area contributed by atoms with Crippen molar-refractivity contribution in [2.45, 2.75) is 128 Å². The van der Waals surface area contributed by atoms with Gasteiger partial charge in [0, 0.05) is 24.9 Å². The Morgan fingerprint density at radius 1 is 0.925 bits per heavy atom. The molecule has 1 unspecified atom stereocenters. The van der Waals surface area contributed by atoms with E-state index < -0.39 is 71.0 Å². The highest BCUT2D eigenvalue weighted by molar-refractivity contribution is 6.38. The minimum atomic E-state index is -1.10. The third-order valence-corrected chi connectivity index (χ3v) is 10.1. The molecule has 1 aliphatic heterocycles. The molecule has 14 nitrogen and oxygen atoms in total. The van der Waals surface area contributed by atoms with Crippen LogP contribution in [0.25, 0.3) is 0 Å². The zero-order valence-electron chi connectivity index (χ0n) is 31.1. The Labute approximate surface area is 311 Å². The maximum absolute atomic E-state index is 14.7. The zero-order valence-corrected chi connectivity index (χ0v) is 31.1. The van der Waals surface area contributed by atoms with E-state index in [0.29, 0.717) is 12.2 Å². The summed E-state index contributed by atoms with van der Waals surface area (Å²) < 4.78 is 6.22. The first-order valence-electron chi connectivity index (χ1n) is 18.9. The Morgan fingerprint density at radius 3 is 2.26 bits per heavy atom. The number of ether oxygens (including phenoxy) is 1. The number of likely N-dealkylation sites (tertiary alicyclic amines) is 1. The van der Waals surface area contributed by atoms with Gasteiger partial charge in [0.2, 0.25) is 23.5 Å². The summed E-state index contributed by atoms with van der Waals surface area (Å²) in [7, 11) is 0. The van der Waals surface area contributed by atoms with Gasteiger partial charge in [0.15, 0.2) is 0 Å². The molecule has 14 heteroatoms. The maximum Gasteiger partial charge on any atom is 0.289 e. The van der Waals surface area contributed by atoms with Crippen LogP contribution in [-0.2, 0) is 24.0 Å². The van der Waals surface area contributed by atoms with Crippen molar-refractivity contribution in [2.24, 2.45) is 11.3 Å². The third-order valence-electron chi connectivity index (χ3n) is 10.1. The number of rotatable bonds is 15. The Hall–Kier alpha value is -4.88. The second-order valence-electron chi connectivity index (χ2n) is 15.5. The van der Waals surface area contributed by atoms with Crippen LogP contribution >= 0.6 is 0 Å². The molecule has 1 aromatic carbocycles. The normalized spacial score (nSPS) is 20.7. The lowest BCUT2D eigenvalue weighted by molar-refractivity contribution is -0.145. The van der Waals surface area contributed by atoms with Crippen molar-refractivity contribution in [1.29, 1.82) is 0 Å². The molecule has 53 heavy (non-hydrogen) atoms. The molecule has 3 aliphatic rings. The second kappa shape index (κ2) is 17.8. The lowest BCUT2D eigenvalue weighted by Crippen LogP contribution is -2.62. The van der Waals surface area contributed by atoms with E-state index in [9.17, 15) is 28.8 Å². The number of benzene rings is 1. The summed E-state index contributed by atoms with van der Waals surface area (Å²) in [5, 5.41) is 11.3. The summed E-state index contributed by atoms with van der Waals surface area (Å²) in [5.41, 5.74) is -0.746. The molecule has 0 spiro atoms. The van der Waals surface area contributed by atoms with E-state index in [1.54, 1.807) is 12.1 Å². The number of nitrogens with zero attached hydrogens (tertiary/aromatic N) is 3. The average Bonchev–Trinajstić information content (AvgIpc) is 3.87. The predicted molar refractivity (Wildman–Crippen MR) is 195 cm³/mol. The minimum Gasteiger partial charge on any atom is -0.488 e. The van der Waals surface area contributed by atoms with Gasteiger partial charge in [-0.25, -0.2) is 4.98 Å². The smallest absolute Gasteiger partial charge is 0.289 e. The molecule has 5 atom stereocenters. The van der Waals surface area contributed by atoms with Crippen LogP contribution in [0.1, 0.15) is 102 Å². The molecule has 4 N–H and O–H groups in total. The molecule has 2 saturated carbocycles. The van der Waals surface area contributed by atoms with Gasteiger partial charge in [0.25, 0.3) is 11.8 Å². The number of hydrogen-bond donors (Lipinski definition) is 4. The highest BCUT2D eigenvalue weighted by Crippen LogP contribution is 2.30. The Bertz CT molecular complexity index is 1610. The largest absolute Gasteiger partial charge is 0.488 e. The van der Waals surface area contributed by atoms with Crippen molar-refractivity contribution >= 4 is 35.3 Å². The monoisotopic (exact) mass is 731 g/mol. The van der Waals surface area contributed by atoms with Crippen molar-refractivity contribution in [1.82, 2.24) is 36.1 Å². The van der Waals surface area contributed by atoms with Gasteiger partial charge in [-0.15, -0.1) is 0 Å². The lowest BCUT2D eigenvalue weighted by Gasteiger charge is -2.37. The van der Waals surface area contributed by atoms with Crippen LogP contribution in [0, 0.1) is 11.3 Å². The maximum atomic E-state index is 14.7. The van der Waals surface area contributed by atoms with Gasteiger partial charge in [0.05, 0.1) is 18.8 Å². The summed E-state index contributed by atoms with van der Waals surface area (Å²) in [6, 6.07) is 4.89. The SMILES string of the molecule is CCCC(NC(=O)[C@@H]1C[C@@H](Oc2ccccc2)CN1C(=O)[C@@H](NC(=O)[C@@H](NC(=O)c1cnccn1)C1CCCCC1)C(C)(C)C)C(=O)C(=O)NC1CC1. The first-order chi connectivity index (χ1) is 25.3. The molecule has 2 aliphatic carbocycles. The van der Waals surface area contributed by atoms with Gasteiger partial charge in [-0.3, -0.25) is 33.8 Å².